The second-order valence-corrected chi connectivity index (χ2v) is 4.13. The molecule has 0 aromatic heterocycles. The first kappa shape index (κ1) is 14.3. The molecule has 0 heterocycles. The fourth-order valence-corrected chi connectivity index (χ4v) is 2.25. The topological polar surface area (TPSA) is 50.4 Å². The first-order valence-corrected chi connectivity index (χ1v) is 5.99. The molecule has 2 rings (SSSR count). The van der Waals surface area contributed by atoms with E-state index in [4.69, 9.17) is 5.73 Å². The molecule has 0 amide bonds. The van der Waals surface area contributed by atoms with Crippen LogP contribution in [-0.2, 0) is 12.8 Å². The Morgan fingerprint density at radius 2 is 2.12 bits per heavy atom. The van der Waals surface area contributed by atoms with Crippen molar-refractivity contribution in [2.75, 3.05) is 11.9 Å². The lowest BCUT2D eigenvalue weighted by atomic mass is 9.90. The van der Waals surface area contributed by atoms with E-state index in [1.54, 1.807) is 0 Å². The van der Waals surface area contributed by atoms with Gasteiger partial charge in [-0.2, -0.15) is 0 Å². The highest BCUT2D eigenvalue weighted by molar-refractivity contribution is 14.0. The van der Waals surface area contributed by atoms with Gasteiger partial charge >= 0.3 is 0 Å². The average molecular weight is 345 g/mol. The molecular formula is C13H20IN3. The third kappa shape index (κ3) is 3.59. The first-order valence-electron chi connectivity index (χ1n) is 5.99. The Morgan fingerprint density at radius 1 is 1.35 bits per heavy atom. The van der Waals surface area contributed by atoms with Crippen molar-refractivity contribution in [3.8, 4) is 0 Å². The third-order valence-corrected chi connectivity index (χ3v) is 2.99. The number of hydrogen-bond acceptors (Lipinski definition) is 1. The lowest BCUT2D eigenvalue weighted by Gasteiger charge is -2.19. The first-order chi connectivity index (χ1) is 7.81. The number of guanidine groups is 1. The third-order valence-electron chi connectivity index (χ3n) is 2.99. The summed E-state index contributed by atoms with van der Waals surface area (Å²) in [5.74, 6) is 0.515. The van der Waals surface area contributed by atoms with Crippen LogP contribution in [-0.4, -0.2) is 12.5 Å². The summed E-state index contributed by atoms with van der Waals surface area (Å²) in [5, 5.41) is 3.20. The van der Waals surface area contributed by atoms with E-state index in [-0.39, 0.29) is 24.0 Å². The zero-order valence-electron chi connectivity index (χ0n) is 10.2. The summed E-state index contributed by atoms with van der Waals surface area (Å²) in [5.41, 5.74) is 9.80. The summed E-state index contributed by atoms with van der Waals surface area (Å²) in [6.07, 6.45) is 4.92. The van der Waals surface area contributed by atoms with Crippen LogP contribution >= 0.6 is 24.0 Å². The van der Waals surface area contributed by atoms with Gasteiger partial charge in [0.2, 0.25) is 0 Å². The molecule has 0 atom stereocenters. The van der Waals surface area contributed by atoms with E-state index in [1.807, 2.05) is 6.92 Å². The molecule has 4 heteroatoms. The largest absolute Gasteiger partial charge is 0.370 e. The average Bonchev–Trinajstić information content (AvgIpc) is 2.30. The fraction of sp³-hybridized carbons (Fsp3) is 0.462. The maximum atomic E-state index is 5.79. The number of anilines is 1. The van der Waals surface area contributed by atoms with Gasteiger partial charge in [0.15, 0.2) is 5.96 Å². The van der Waals surface area contributed by atoms with Crippen LogP contribution in [0.2, 0.25) is 0 Å². The van der Waals surface area contributed by atoms with Gasteiger partial charge in [-0.05, 0) is 49.8 Å². The second kappa shape index (κ2) is 6.83. The van der Waals surface area contributed by atoms with Crippen LogP contribution in [0.25, 0.3) is 0 Å². The molecule has 1 aliphatic carbocycles. The van der Waals surface area contributed by atoms with Gasteiger partial charge in [-0.25, -0.2) is 0 Å². The summed E-state index contributed by atoms with van der Waals surface area (Å²) in [7, 11) is 0. The molecule has 1 aromatic rings. The molecule has 3 nitrogen and oxygen atoms in total. The quantitative estimate of drug-likeness (QED) is 0.492. The molecule has 3 N–H and O–H groups in total. The monoisotopic (exact) mass is 345 g/mol. The van der Waals surface area contributed by atoms with Gasteiger partial charge in [-0.3, -0.25) is 4.99 Å². The molecule has 0 aliphatic heterocycles. The molecule has 0 bridgehead atoms. The number of aliphatic imine (C=N–C) groups is 1. The maximum Gasteiger partial charge on any atom is 0.193 e. The Labute approximate surface area is 120 Å². The van der Waals surface area contributed by atoms with Crippen molar-refractivity contribution < 1.29 is 0 Å². The van der Waals surface area contributed by atoms with Crippen LogP contribution in [0.3, 0.4) is 0 Å². The van der Waals surface area contributed by atoms with Crippen LogP contribution in [0.5, 0.6) is 0 Å². The molecule has 94 valence electrons. The molecule has 1 aromatic carbocycles. The van der Waals surface area contributed by atoms with Gasteiger partial charge in [0.05, 0.1) is 0 Å². The summed E-state index contributed by atoms with van der Waals surface area (Å²) in [4.78, 5) is 4.15. The normalized spacial score (nSPS) is 14.8. The van der Waals surface area contributed by atoms with Crippen molar-refractivity contribution in [2.45, 2.75) is 32.6 Å². The number of benzene rings is 1. The summed E-state index contributed by atoms with van der Waals surface area (Å²) >= 11 is 0. The van der Waals surface area contributed by atoms with Gasteiger partial charge in [-0.15, -0.1) is 24.0 Å². The van der Waals surface area contributed by atoms with E-state index in [0.29, 0.717) is 12.5 Å². The van der Waals surface area contributed by atoms with Gasteiger partial charge < -0.3 is 11.1 Å². The molecule has 0 unspecified atom stereocenters. The molecule has 17 heavy (non-hydrogen) atoms. The maximum absolute atomic E-state index is 5.79. The predicted octanol–water partition coefficient (Wildman–Crippen LogP) is 2.93. The van der Waals surface area contributed by atoms with Crippen molar-refractivity contribution in [1.82, 2.24) is 0 Å². The lowest BCUT2D eigenvalue weighted by Crippen LogP contribution is -2.24. The van der Waals surface area contributed by atoms with Crippen molar-refractivity contribution >= 4 is 35.6 Å². The number of aryl methyl sites for hydroxylation is 1. The van der Waals surface area contributed by atoms with Crippen molar-refractivity contribution in [2.24, 2.45) is 10.7 Å². The summed E-state index contributed by atoms with van der Waals surface area (Å²) < 4.78 is 0. The molecule has 0 saturated heterocycles. The predicted molar refractivity (Wildman–Crippen MR) is 84.3 cm³/mol. The minimum absolute atomic E-state index is 0. The highest BCUT2D eigenvalue weighted by Gasteiger charge is 2.12. The van der Waals surface area contributed by atoms with Gasteiger partial charge in [0.1, 0.15) is 0 Å². The summed E-state index contributed by atoms with van der Waals surface area (Å²) in [6.45, 7) is 2.70. The van der Waals surface area contributed by atoms with Crippen molar-refractivity contribution in [3.05, 3.63) is 29.3 Å². The van der Waals surface area contributed by atoms with Gasteiger partial charge in [-0.1, -0.05) is 12.1 Å². The highest BCUT2D eigenvalue weighted by Crippen LogP contribution is 2.27. The number of fused-ring (bicyclic) bond motifs is 1. The number of nitrogens with one attached hydrogen (secondary N) is 1. The molecule has 1 aliphatic rings. The van der Waals surface area contributed by atoms with Crippen LogP contribution in [0.1, 0.15) is 30.9 Å². The number of nitrogens with zero attached hydrogens (tertiary/aromatic N) is 1. The minimum atomic E-state index is 0. The van der Waals surface area contributed by atoms with Crippen LogP contribution in [0.4, 0.5) is 5.69 Å². The van der Waals surface area contributed by atoms with E-state index in [0.717, 1.165) is 12.1 Å². The van der Waals surface area contributed by atoms with Crippen LogP contribution < -0.4 is 11.1 Å². The SMILES string of the molecule is CCN=C(N)Nc1cccc2c1CCCC2.I. The van der Waals surface area contributed by atoms with Crippen molar-refractivity contribution in [3.63, 3.8) is 0 Å². The molecule has 0 radical (unpaired) electrons. The number of halogens is 1. The molecule has 0 spiro atoms. The zero-order chi connectivity index (χ0) is 11.4. The van der Waals surface area contributed by atoms with Gasteiger partial charge in [0.25, 0.3) is 0 Å². The van der Waals surface area contributed by atoms with E-state index in [1.165, 1.54) is 30.4 Å². The Kier molecular flexibility index (Phi) is 5.74. The zero-order valence-corrected chi connectivity index (χ0v) is 12.5. The number of rotatable bonds is 2. The van der Waals surface area contributed by atoms with E-state index in [9.17, 15) is 0 Å². The van der Waals surface area contributed by atoms with Crippen LogP contribution in [0, 0.1) is 0 Å². The van der Waals surface area contributed by atoms with Crippen molar-refractivity contribution in [1.29, 1.82) is 0 Å². The molecule has 0 fully saturated rings. The summed E-state index contributed by atoms with van der Waals surface area (Å²) in [6, 6.07) is 6.39. The number of nitrogens with two attached hydrogens (primary N) is 1. The van der Waals surface area contributed by atoms with E-state index < -0.39 is 0 Å². The second-order valence-electron chi connectivity index (χ2n) is 4.13. The Balaban J connectivity index is 0.00000144. The lowest BCUT2D eigenvalue weighted by molar-refractivity contribution is 0.687. The highest BCUT2D eigenvalue weighted by atomic mass is 127. The Morgan fingerprint density at radius 3 is 2.88 bits per heavy atom. The standard InChI is InChI=1S/C13H19N3.HI/c1-2-15-13(14)16-12-9-5-7-10-6-3-4-8-11(10)12;/h5,7,9H,2-4,6,8H2,1H3,(H3,14,15,16);1H. The smallest absolute Gasteiger partial charge is 0.193 e. The Bertz CT molecular complexity index is 402. The molecular weight excluding hydrogens is 325 g/mol. The molecule has 0 saturated carbocycles. The van der Waals surface area contributed by atoms with Crippen LogP contribution in [0.15, 0.2) is 23.2 Å². The number of hydrogen-bond donors (Lipinski definition) is 2. The fourth-order valence-electron chi connectivity index (χ4n) is 2.25. The Hall–Kier alpha value is -0.780. The minimum Gasteiger partial charge on any atom is -0.370 e. The van der Waals surface area contributed by atoms with Gasteiger partial charge in [0, 0.05) is 12.2 Å². The van der Waals surface area contributed by atoms with E-state index in [2.05, 4.69) is 28.5 Å². The van der Waals surface area contributed by atoms with E-state index >= 15 is 0 Å².